The lowest BCUT2D eigenvalue weighted by atomic mass is 10.2. The van der Waals surface area contributed by atoms with Crippen molar-refractivity contribution in [2.75, 3.05) is 31.1 Å². The first-order valence-corrected chi connectivity index (χ1v) is 8.86. The van der Waals surface area contributed by atoms with E-state index in [0.29, 0.717) is 0 Å². The van der Waals surface area contributed by atoms with Crippen LogP contribution in [0.15, 0.2) is 52.3 Å². The van der Waals surface area contributed by atoms with E-state index in [2.05, 4.69) is 45.1 Å². The lowest BCUT2D eigenvalue weighted by Gasteiger charge is -2.35. The molecule has 0 aliphatic carbocycles. The standard InChI is InChI=1S/C17H17BrN2OS/c18-16-8-6-15(22-16)7-9-17(21)20-12-10-19(11-13-20)14-4-2-1-3-5-14/h1-9H,10-13H2/b9-7+. The molecule has 5 heteroatoms. The van der Waals surface area contributed by atoms with Gasteiger partial charge in [0.2, 0.25) is 5.91 Å². The minimum absolute atomic E-state index is 0.0947. The Labute approximate surface area is 143 Å². The third-order valence-electron chi connectivity index (χ3n) is 3.70. The van der Waals surface area contributed by atoms with Crippen LogP contribution < -0.4 is 4.90 Å². The number of carbonyl (C=O) groups is 1. The predicted octanol–water partition coefficient (Wildman–Crippen LogP) is 3.87. The van der Waals surface area contributed by atoms with E-state index in [4.69, 9.17) is 0 Å². The van der Waals surface area contributed by atoms with Gasteiger partial charge in [0.25, 0.3) is 0 Å². The summed E-state index contributed by atoms with van der Waals surface area (Å²) >= 11 is 5.05. The summed E-state index contributed by atoms with van der Waals surface area (Å²) in [5.74, 6) is 0.0947. The molecular weight excluding hydrogens is 360 g/mol. The Morgan fingerprint density at radius 1 is 1.05 bits per heavy atom. The summed E-state index contributed by atoms with van der Waals surface area (Å²) in [6.45, 7) is 3.31. The van der Waals surface area contributed by atoms with Gasteiger partial charge in [0.1, 0.15) is 0 Å². The van der Waals surface area contributed by atoms with E-state index in [1.807, 2.05) is 29.2 Å². The Balaban J connectivity index is 1.55. The minimum Gasteiger partial charge on any atom is -0.368 e. The molecule has 0 unspecified atom stereocenters. The maximum absolute atomic E-state index is 12.2. The molecule has 0 bridgehead atoms. The first-order valence-electron chi connectivity index (χ1n) is 7.25. The average molecular weight is 377 g/mol. The summed E-state index contributed by atoms with van der Waals surface area (Å²) in [5, 5.41) is 0. The fourth-order valence-corrected chi connectivity index (χ4v) is 3.83. The van der Waals surface area contributed by atoms with Crippen LogP contribution in [-0.4, -0.2) is 37.0 Å². The number of para-hydroxylation sites is 1. The number of amides is 1. The zero-order chi connectivity index (χ0) is 15.4. The molecule has 1 aliphatic rings. The molecule has 0 spiro atoms. The van der Waals surface area contributed by atoms with Gasteiger partial charge in [0.05, 0.1) is 3.79 Å². The fourth-order valence-electron chi connectivity index (χ4n) is 2.50. The van der Waals surface area contributed by atoms with Crippen LogP contribution in [0.3, 0.4) is 0 Å². The van der Waals surface area contributed by atoms with Crippen molar-refractivity contribution in [2.45, 2.75) is 0 Å². The van der Waals surface area contributed by atoms with E-state index >= 15 is 0 Å². The van der Waals surface area contributed by atoms with Gasteiger partial charge in [-0.2, -0.15) is 0 Å². The molecule has 1 aromatic carbocycles. The number of nitrogens with zero attached hydrogens (tertiary/aromatic N) is 2. The Kier molecular flexibility index (Phi) is 4.95. The SMILES string of the molecule is O=C(/C=C/c1ccc(Br)s1)N1CCN(c2ccccc2)CC1. The molecule has 3 nitrogen and oxygen atoms in total. The Morgan fingerprint density at radius 2 is 1.77 bits per heavy atom. The van der Waals surface area contributed by atoms with Gasteiger partial charge in [-0.15, -0.1) is 11.3 Å². The van der Waals surface area contributed by atoms with Crippen LogP contribution in [0.1, 0.15) is 4.88 Å². The molecule has 22 heavy (non-hydrogen) atoms. The summed E-state index contributed by atoms with van der Waals surface area (Å²) in [6.07, 6.45) is 3.57. The van der Waals surface area contributed by atoms with Crippen LogP contribution in [-0.2, 0) is 4.79 Å². The zero-order valence-corrected chi connectivity index (χ0v) is 14.5. The van der Waals surface area contributed by atoms with E-state index in [-0.39, 0.29) is 5.91 Å². The van der Waals surface area contributed by atoms with Crippen LogP contribution in [0, 0.1) is 0 Å². The molecule has 1 aromatic heterocycles. The Morgan fingerprint density at radius 3 is 2.41 bits per heavy atom. The average Bonchev–Trinajstić information content (AvgIpc) is 2.99. The number of carbonyl (C=O) groups excluding carboxylic acids is 1. The van der Waals surface area contributed by atoms with Crippen molar-refractivity contribution >= 4 is 44.9 Å². The monoisotopic (exact) mass is 376 g/mol. The molecule has 0 saturated carbocycles. The van der Waals surface area contributed by atoms with Crippen LogP contribution in [0.25, 0.3) is 6.08 Å². The second kappa shape index (κ2) is 7.11. The normalized spacial score (nSPS) is 15.5. The molecule has 114 valence electrons. The van der Waals surface area contributed by atoms with Crippen molar-refractivity contribution in [1.29, 1.82) is 0 Å². The summed E-state index contributed by atoms with van der Waals surface area (Å²) in [4.78, 5) is 17.6. The van der Waals surface area contributed by atoms with Gasteiger partial charge in [-0.3, -0.25) is 4.79 Å². The van der Waals surface area contributed by atoms with Crippen molar-refractivity contribution in [2.24, 2.45) is 0 Å². The van der Waals surface area contributed by atoms with Crippen LogP contribution in [0.5, 0.6) is 0 Å². The van der Waals surface area contributed by atoms with Crippen molar-refractivity contribution in [3.8, 4) is 0 Å². The summed E-state index contributed by atoms with van der Waals surface area (Å²) in [5.41, 5.74) is 1.23. The van der Waals surface area contributed by atoms with E-state index in [9.17, 15) is 4.79 Å². The van der Waals surface area contributed by atoms with Crippen molar-refractivity contribution in [1.82, 2.24) is 4.90 Å². The maximum Gasteiger partial charge on any atom is 0.246 e. The Bertz CT molecular complexity index is 660. The predicted molar refractivity (Wildman–Crippen MR) is 96.3 cm³/mol. The number of benzene rings is 1. The minimum atomic E-state index is 0.0947. The van der Waals surface area contributed by atoms with Gasteiger partial charge < -0.3 is 9.80 Å². The van der Waals surface area contributed by atoms with Crippen molar-refractivity contribution in [3.05, 3.63) is 57.2 Å². The lowest BCUT2D eigenvalue weighted by Crippen LogP contribution is -2.48. The first kappa shape index (κ1) is 15.3. The number of hydrogen-bond acceptors (Lipinski definition) is 3. The highest BCUT2D eigenvalue weighted by Gasteiger charge is 2.19. The van der Waals surface area contributed by atoms with Gasteiger partial charge >= 0.3 is 0 Å². The van der Waals surface area contributed by atoms with E-state index in [1.54, 1.807) is 17.4 Å². The number of anilines is 1. The highest BCUT2D eigenvalue weighted by atomic mass is 79.9. The molecule has 0 N–H and O–H groups in total. The van der Waals surface area contributed by atoms with Gasteiger partial charge in [0, 0.05) is 42.8 Å². The van der Waals surface area contributed by atoms with Gasteiger partial charge in [-0.1, -0.05) is 18.2 Å². The van der Waals surface area contributed by atoms with Gasteiger partial charge in [0.15, 0.2) is 0 Å². The molecule has 2 aromatic rings. The van der Waals surface area contributed by atoms with E-state index < -0.39 is 0 Å². The van der Waals surface area contributed by atoms with Crippen LogP contribution >= 0.6 is 27.3 Å². The van der Waals surface area contributed by atoms with Crippen LogP contribution in [0.4, 0.5) is 5.69 Å². The highest BCUT2D eigenvalue weighted by molar-refractivity contribution is 9.11. The zero-order valence-electron chi connectivity index (χ0n) is 12.1. The Hall–Kier alpha value is -1.59. The molecule has 1 saturated heterocycles. The number of rotatable bonds is 3. The largest absolute Gasteiger partial charge is 0.368 e. The van der Waals surface area contributed by atoms with Gasteiger partial charge in [-0.05, 0) is 46.3 Å². The molecule has 0 atom stereocenters. The molecular formula is C17H17BrN2OS. The fraction of sp³-hybridized carbons (Fsp3) is 0.235. The first-order chi connectivity index (χ1) is 10.7. The topological polar surface area (TPSA) is 23.6 Å². The lowest BCUT2D eigenvalue weighted by molar-refractivity contribution is -0.126. The third kappa shape index (κ3) is 3.78. The third-order valence-corrected chi connectivity index (χ3v) is 5.29. The maximum atomic E-state index is 12.2. The van der Waals surface area contributed by atoms with Gasteiger partial charge in [-0.25, -0.2) is 0 Å². The molecule has 0 radical (unpaired) electrons. The van der Waals surface area contributed by atoms with E-state index in [0.717, 1.165) is 34.8 Å². The molecule has 3 rings (SSSR count). The quantitative estimate of drug-likeness (QED) is 0.759. The molecule has 2 heterocycles. The molecule has 1 amide bonds. The summed E-state index contributed by atoms with van der Waals surface area (Å²) in [6, 6.07) is 14.4. The number of thiophene rings is 1. The van der Waals surface area contributed by atoms with Crippen molar-refractivity contribution < 1.29 is 4.79 Å². The number of halogens is 1. The number of hydrogen-bond donors (Lipinski definition) is 0. The van der Waals surface area contributed by atoms with Crippen molar-refractivity contribution in [3.63, 3.8) is 0 Å². The molecule has 1 aliphatic heterocycles. The molecule has 1 fully saturated rings. The summed E-state index contributed by atoms with van der Waals surface area (Å²) < 4.78 is 1.08. The second-order valence-electron chi connectivity index (χ2n) is 5.12. The summed E-state index contributed by atoms with van der Waals surface area (Å²) in [7, 11) is 0. The smallest absolute Gasteiger partial charge is 0.246 e. The van der Waals surface area contributed by atoms with Crippen LogP contribution in [0.2, 0.25) is 0 Å². The highest BCUT2D eigenvalue weighted by Crippen LogP contribution is 2.23. The second-order valence-corrected chi connectivity index (χ2v) is 7.62. The number of piperazine rings is 1. The van der Waals surface area contributed by atoms with E-state index in [1.165, 1.54) is 5.69 Å².